The van der Waals surface area contributed by atoms with E-state index in [4.69, 9.17) is 23.2 Å². The van der Waals surface area contributed by atoms with Crippen LogP contribution in [0.4, 0.5) is 0 Å². The first kappa shape index (κ1) is 13.9. The Morgan fingerprint density at radius 1 is 1.17 bits per heavy atom. The zero-order valence-electron chi connectivity index (χ0n) is 10.1. The SMILES string of the molecule is CNC(Cc1ccc(Cl)c(Cl)c1)Cc1cccs1. The van der Waals surface area contributed by atoms with Crippen LogP contribution in [-0.4, -0.2) is 13.1 Å². The number of nitrogens with one attached hydrogen (secondary N) is 1. The topological polar surface area (TPSA) is 12.0 Å². The van der Waals surface area contributed by atoms with Crippen molar-refractivity contribution in [2.45, 2.75) is 18.9 Å². The number of hydrogen-bond acceptors (Lipinski definition) is 2. The molecule has 1 heterocycles. The summed E-state index contributed by atoms with van der Waals surface area (Å²) in [5, 5.41) is 6.70. The third-order valence-electron chi connectivity index (χ3n) is 2.90. The molecule has 0 bridgehead atoms. The zero-order chi connectivity index (χ0) is 13.0. The van der Waals surface area contributed by atoms with Crippen molar-refractivity contribution in [3.8, 4) is 0 Å². The maximum absolute atomic E-state index is 6.03. The molecule has 1 unspecified atom stereocenters. The van der Waals surface area contributed by atoms with Gasteiger partial charge in [-0.1, -0.05) is 35.3 Å². The predicted octanol–water partition coefficient (Wildman–Crippen LogP) is 4.43. The minimum absolute atomic E-state index is 0.417. The highest BCUT2D eigenvalue weighted by Crippen LogP contribution is 2.23. The van der Waals surface area contributed by atoms with Crippen molar-refractivity contribution in [3.63, 3.8) is 0 Å². The molecule has 1 aromatic heterocycles. The number of thiophene rings is 1. The molecular weight excluding hydrogens is 285 g/mol. The van der Waals surface area contributed by atoms with E-state index in [9.17, 15) is 0 Å². The Hall–Kier alpha value is -0.540. The molecule has 1 N–H and O–H groups in total. The predicted molar refractivity (Wildman–Crippen MR) is 81.0 cm³/mol. The van der Waals surface area contributed by atoms with Crippen LogP contribution < -0.4 is 5.32 Å². The summed E-state index contributed by atoms with van der Waals surface area (Å²) in [5.41, 5.74) is 1.21. The first-order valence-corrected chi connectivity index (χ1v) is 7.46. The molecule has 0 aliphatic heterocycles. The monoisotopic (exact) mass is 299 g/mol. The van der Waals surface area contributed by atoms with Crippen molar-refractivity contribution in [2.75, 3.05) is 7.05 Å². The molecule has 0 saturated carbocycles. The molecule has 2 aromatic rings. The van der Waals surface area contributed by atoms with Crippen LogP contribution in [0.1, 0.15) is 10.4 Å². The Labute approximate surface area is 122 Å². The Kier molecular flexibility index (Phi) is 5.07. The quantitative estimate of drug-likeness (QED) is 0.861. The molecule has 18 heavy (non-hydrogen) atoms. The Morgan fingerprint density at radius 3 is 2.61 bits per heavy atom. The van der Waals surface area contributed by atoms with E-state index in [2.05, 4.69) is 22.8 Å². The van der Waals surface area contributed by atoms with E-state index in [0.717, 1.165) is 12.8 Å². The van der Waals surface area contributed by atoms with E-state index >= 15 is 0 Å². The number of rotatable bonds is 5. The third kappa shape index (κ3) is 3.72. The van der Waals surface area contributed by atoms with Crippen molar-refractivity contribution in [2.24, 2.45) is 0 Å². The molecule has 0 aliphatic rings. The van der Waals surface area contributed by atoms with E-state index in [1.165, 1.54) is 10.4 Å². The van der Waals surface area contributed by atoms with E-state index < -0.39 is 0 Å². The van der Waals surface area contributed by atoms with Gasteiger partial charge in [-0.05, 0) is 49.0 Å². The van der Waals surface area contributed by atoms with Gasteiger partial charge in [-0.15, -0.1) is 11.3 Å². The van der Waals surface area contributed by atoms with E-state index in [1.54, 1.807) is 11.3 Å². The van der Waals surface area contributed by atoms with E-state index in [-0.39, 0.29) is 0 Å². The van der Waals surface area contributed by atoms with Gasteiger partial charge in [0.1, 0.15) is 0 Å². The van der Waals surface area contributed by atoms with Crippen LogP contribution in [0, 0.1) is 0 Å². The van der Waals surface area contributed by atoms with Crippen LogP contribution in [-0.2, 0) is 12.8 Å². The van der Waals surface area contributed by atoms with Crippen molar-refractivity contribution in [1.82, 2.24) is 5.32 Å². The summed E-state index contributed by atoms with van der Waals surface area (Å²) in [5.74, 6) is 0. The summed E-state index contributed by atoms with van der Waals surface area (Å²) in [6, 6.07) is 10.5. The van der Waals surface area contributed by atoms with Crippen LogP contribution in [0.15, 0.2) is 35.7 Å². The lowest BCUT2D eigenvalue weighted by Crippen LogP contribution is -2.29. The van der Waals surface area contributed by atoms with Gasteiger partial charge in [-0.25, -0.2) is 0 Å². The van der Waals surface area contributed by atoms with Gasteiger partial charge >= 0.3 is 0 Å². The van der Waals surface area contributed by atoms with Gasteiger partial charge in [0, 0.05) is 10.9 Å². The summed E-state index contributed by atoms with van der Waals surface area (Å²) >= 11 is 13.7. The van der Waals surface area contributed by atoms with Crippen molar-refractivity contribution in [3.05, 3.63) is 56.2 Å². The molecule has 2 rings (SSSR count). The summed E-state index contributed by atoms with van der Waals surface area (Å²) in [4.78, 5) is 1.40. The molecule has 0 radical (unpaired) electrons. The molecule has 0 saturated heterocycles. The van der Waals surface area contributed by atoms with Gasteiger partial charge in [0.05, 0.1) is 10.0 Å². The lowest BCUT2D eigenvalue weighted by atomic mass is 10.0. The summed E-state index contributed by atoms with van der Waals surface area (Å²) < 4.78 is 0. The summed E-state index contributed by atoms with van der Waals surface area (Å²) in [6.45, 7) is 0. The lowest BCUT2D eigenvalue weighted by Gasteiger charge is -2.15. The Bertz CT molecular complexity index is 497. The lowest BCUT2D eigenvalue weighted by molar-refractivity contribution is 0.560. The Morgan fingerprint density at radius 2 is 2.00 bits per heavy atom. The Balaban J connectivity index is 2.03. The van der Waals surface area contributed by atoms with Gasteiger partial charge in [0.2, 0.25) is 0 Å². The maximum Gasteiger partial charge on any atom is 0.0595 e. The third-order valence-corrected chi connectivity index (χ3v) is 4.54. The van der Waals surface area contributed by atoms with E-state index in [1.807, 2.05) is 25.2 Å². The number of hydrogen-bond donors (Lipinski definition) is 1. The molecule has 1 nitrogen and oxygen atoms in total. The van der Waals surface area contributed by atoms with Gasteiger partial charge < -0.3 is 5.32 Å². The minimum atomic E-state index is 0.417. The summed E-state index contributed by atoms with van der Waals surface area (Å²) in [6.07, 6.45) is 1.99. The second-order valence-electron chi connectivity index (χ2n) is 4.22. The van der Waals surface area contributed by atoms with Crippen LogP contribution in [0.5, 0.6) is 0 Å². The largest absolute Gasteiger partial charge is 0.316 e. The fourth-order valence-corrected chi connectivity index (χ4v) is 3.01. The molecule has 0 aliphatic carbocycles. The minimum Gasteiger partial charge on any atom is -0.316 e. The highest BCUT2D eigenvalue weighted by molar-refractivity contribution is 7.09. The molecule has 0 amide bonds. The number of benzene rings is 1. The van der Waals surface area contributed by atoms with Gasteiger partial charge in [-0.2, -0.15) is 0 Å². The smallest absolute Gasteiger partial charge is 0.0595 e. The molecule has 1 aromatic carbocycles. The second-order valence-corrected chi connectivity index (χ2v) is 6.07. The number of halogens is 2. The molecule has 96 valence electrons. The molecule has 0 fully saturated rings. The average molecular weight is 300 g/mol. The molecule has 4 heteroatoms. The van der Waals surface area contributed by atoms with Crippen LogP contribution in [0.3, 0.4) is 0 Å². The van der Waals surface area contributed by atoms with Gasteiger partial charge in [0.15, 0.2) is 0 Å². The highest BCUT2D eigenvalue weighted by atomic mass is 35.5. The fourth-order valence-electron chi connectivity index (χ4n) is 1.90. The average Bonchev–Trinajstić information content (AvgIpc) is 2.86. The molecule has 0 spiro atoms. The van der Waals surface area contributed by atoms with Crippen LogP contribution in [0.25, 0.3) is 0 Å². The highest BCUT2D eigenvalue weighted by Gasteiger charge is 2.10. The number of likely N-dealkylation sites (N-methyl/N-ethyl adjacent to an activating group) is 1. The summed E-state index contributed by atoms with van der Waals surface area (Å²) in [7, 11) is 2.00. The fraction of sp³-hybridized carbons (Fsp3) is 0.286. The van der Waals surface area contributed by atoms with Crippen molar-refractivity contribution in [1.29, 1.82) is 0 Å². The van der Waals surface area contributed by atoms with Crippen LogP contribution in [0.2, 0.25) is 10.0 Å². The van der Waals surface area contributed by atoms with Crippen LogP contribution >= 0.6 is 34.5 Å². The van der Waals surface area contributed by atoms with E-state index in [0.29, 0.717) is 16.1 Å². The van der Waals surface area contributed by atoms with Gasteiger partial charge in [0.25, 0.3) is 0 Å². The zero-order valence-corrected chi connectivity index (χ0v) is 12.4. The normalized spacial score (nSPS) is 12.6. The molecule has 1 atom stereocenters. The molecular formula is C14H15Cl2NS. The first-order valence-electron chi connectivity index (χ1n) is 5.82. The maximum atomic E-state index is 6.03. The van der Waals surface area contributed by atoms with Crippen molar-refractivity contribution < 1.29 is 0 Å². The van der Waals surface area contributed by atoms with Crippen molar-refractivity contribution >= 4 is 34.5 Å². The second kappa shape index (κ2) is 6.58. The standard InChI is InChI=1S/C14H15Cl2NS/c1-17-11(9-12-3-2-6-18-12)7-10-4-5-13(15)14(16)8-10/h2-6,8,11,17H,7,9H2,1H3. The first-order chi connectivity index (χ1) is 8.69. The van der Waals surface area contributed by atoms with Gasteiger partial charge in [-0.3, -0.25) is 0 Å².